The Hall–Kier alpha value is -2.61. The van der Waals surface area contributed by atoms with Crippen LogP contribution in [0.15, 0.2) is 17.1 Å². The lowest BCUT2D eigenvalue weighted by Crippen LogP contribution is -2.44. The first-order chi connectivity index (χ1) is 15.5. The highest BCUT2D eigenvalue weighted by Crippen LogP contribution is 2.43. The van der Waals surface area contributed by atoms with Crippen LogP contribution in [-0.4, -0.2) is 48.7 Å². The molecule has 1 aromatic heterocycles. The van der Waals surface area contributed by atoms with Gasteiger partial charge in [0.25, 0.3) is 0 Å². The van der Waals surface area contributed by atoms with Crippen molar-refractivity contribution in [2.24, 2.45) is 0 Å². The number of nitrogens with one attached hydrogen (secondary N) is 1. The normalized spacial score (nSPS) is 29.8. The summed E-state index contributed by atoms with van der Waals surface area (Å²) in [5, 5.41) is 10.7. The molecule has 7 nitrogen and oxygen atoms in total. The third kappa shape index (κ3) is 2.61. The van der Waals surface area contributed by atoms with Gasteiger partial charge in [-0.2, -0.15) is 0 Å². The Labute approximate surface area is 160 Å². The molecule has 1 aromatic carbocycles. The van der Waals surface area contributed by atoms with Crippen LogP contribution in [-0.2, 0) is 0 Å². The number of pyridine rings is 1. The van der Waals surface area contributed by atoms with Gasteiger partial charge in [-0.3, -0.25) is 4.79 Å². The molecule has 0 unspecified atom stereocenters. The number of aromatic nitrogens is 1. The van der Waals surface area contributed by atoms with Crippen molar-refractivity contribution in [2.75, 3.05) is 38.0 Å². The van der Waals surface area contributed by atoms with Gasteiger partial charge in [0.15, 0.2) is 11.6 Å². The number of nitrogens with zero attached hydrogens (tertiary/aromatic N) is 2. The molecule has 1 saturated carbocycles. The highest BCUT2D eigenvalue weighted by atomic mass is 19.1. The molecule has 26 heavy (non-hydrogen) atoms. The second kappa shape index (κ2) is 6.28. The fraction of sp³-hybridized carbons (Fsp3) is 0.444. The maximum Gasteiger partial charge on any atom is 0.341 e. The summed E-state index contributed by atoms with van der Waals surface area (Å²) in [5.74, 6) is -3.52. The van der Waals surface area contributed by atoms with Crippen molar-refractivity contribution in [2.45, 2.75) is 18.9 Å². The summed E-state index contributed by atoms with van der Waals surface area (Å²) in [6.07, 6.45) is 2.23. The molecular weight excluding hydrogens is 341 g/mol. The molecule has 0 amide bonds. The van der Waals surface area contributed by atoms with Gasteiger partial charge in [-0.15, -0.1) is 0 Å². The molecule has 2 heterocycles. The number of piperazine rings is 1. The van der Waals surface area contributed by atoms with E-state index in [1.165, 1.54) is 4.57 Å². The summed E-state index contributed by atoms with van der Waals surface area (Å²) in [5.41, 5.74) is -2.76. The number of methoxy groups -OCH3 is 1. The molecule has 2 aliphatic rings. The number of hydrogen-bond acceptors (Lipinski definition) is 5. The number of carboxylic acid groups (broad SMARTS) is 1. The van der Waals surface area contributed by atoms with Crippen LogP contribution in [0.4, 0.5) is 10.1 Å². The maximum absolute atomic E-state index is 15.6. The maximum atomic E-state index is 15.6. The molecule has 138 valence electrons. The fourth-order valence-electron chi connectivity index (χ4n) is 2.98. The molecule has 4 rings (SSSR count). The van der Waals surface area contributed by atoms with Gasteiger partial charge in [-0.25, -0.2) is 9.18 Å². The Morgan fingerprint density at radius 3 is 2.69 bits per heavy atom. The van der Waals surface area contributed by atoms with Gasteiger partial charge in [0, 0.05) is 43.7 Å². The molecule has 0 spiro atoms. The van der Waals surface area contributed by atoms with Gasteiger partial charge >= 0.3 is 5.97 Å². The lowest BCUT2D eigenvalue weighted by Gasteiger charge is -2.31. The number of benzene rings is 1. The molecule has 2 fully saturated rings. The monoisotopic (exact) mass is 369 g/mol. The van der Waals surface area contributed by atoms with Gasteiger partial charge in [-0.1, -0.05) is 0 Å². The van der Waals surface area contributed by atoms with Crippen molar-refractivity contribution in [1.29, 1.82) is 0 Å². The molecule has 0 atom stereocenters. The van der Waals surface area contributed by atoms with Crippen LogP contribution < -0.4 is 20.4 Å². The molecule has 2 N–H and O–H groups in total. The highest BCUT2D eigenvalue weighted by molar-refractivity contribution is 5.97. The third-order valence-electron chi connectivity index (χ3n) is 4.26. The molecule has 1 aliphatic carbocycles. The standard InChI is InChI=1S/C18H20FN3O4/c1-26-17-14-11(8-13(19)15(17)21-6-4-20-5-7-21)16(23)12(18(24)25)9-22(14)10-2-3-10/h8-10,20H,2-7H2,1H3,(H,24,25)/i4D2,5D2,6D2,7D2. The van der Waals surface area contributed by atoms with Crippen LogP contribution in [0.3, 0.4) is 0 Å². The first kappa shape index (κ1) is 9.91. The Kier molecular flexibility index (Phi) is 2.39. The molecule has 1 saturated heterocycles. The van der Waals surface area contributed by atoms with Gasteiger partial charge in [0.05, 0.1) is 23.5 Å². The zero-order chi connectivity index (χ0) is 25.6. The van der Waals surface area contributed by atoms with Crippen LogP contribution in [0.1, 0.15) is 40.2 Å². The number of rotatable bonds is 4. The van der Waals surface area contributed by atoms with Gasteiger partial charge in [0.1, 0.15) is 11.3 Å². The van der Waals surface area contributed by atoms with E-state index in [0.29, 0.717) is 18.9 Å². The van der Waals surface area contributed by atoms with Gasteiger partial charge in [0.2, 0.25) is 5.43 Å². The van der Waals surface area contributed by atoms with Crippen LogP contribution in [0.2, 0.25) is 0 Å². The summed E-state index contributed by atoms with van der Waals surface area (Å²) >= 11 is 0. The number of anilines is 1. The first-order valence-corrected chi connectivity index (χ1v) is 7.78. The number of aromatic carboxylic acids is 1. The predicted molar refractivity (Wildman–Crippen MR) is 95.0 cm³/mol. The van der Waals surface area contributed by atoms with Crippen LogP contribution in [0.25, 0.3) is 10.9 Å². The lowest BCUT2D eigenvalue weighted by molar-refractivity contribution is 0.0695. The van der Waals surface area contributed by atoms with Crippen molar-refractivity contribution < 1.29 is 30.0 Å². The highest BCUT2D eigenvalue weighted by Gasteiger charge is 2.31. The van der Waals surface area contributed by atoms with E-state index in [-0.39, 0.29) is 16.5 Å². The second-order valence-corrected chi connectivity index (χ2v) is 5.89. The van der Waals surface area contributed by atoms with Crippen molar-refractivity contribution in [1.82, 2.24) is 9.88 Å². The van der Waals surface area contributed by atoms with Gasteiger partial charge in [-0.05, 0) is 18.9 Å². The minimum atomic E-state index is -3.35. The number of halogens is 1. The summed E-state index contributed by atoms with van der Waals surface area (Å²) in [6.45, 7) is -13.1. The number of carbonyl (C=O) groups is 1. The minimum absolute atomic E-state index is 0.00305. The summed E-state index contributed by atoms with van der Waals surface area (Å²) < 4.78 is 87.4. The number of ether oxygens (including phenoxy) is 1. The van der Waals surface area contributed by atoms with E-state index in [0.717, 1.165) is 13.3 Å². The van der Waals surface area contributed by atoms with E-state index in [9.17, 15) is 14.7 Å². The average Bonchev–Trinajstić information content (AvgIpc) is 3.52. The van der Waals surface area contributed by atoms with Crippen molar-refractivity contribution in [3.8, 4) is 5.75 Å². The van der Waals surface area contributed by atoms with E-state index in [1.807, 2.05) is 0 Å². The number of fused-ring (bicyclic) bond motifs is 1. The molecular formula is C18H20FN3O4. The zero-order valence-electron chi connectivity index (χ0n) is 21.6. The van der Waals surface area contributed by atoms with Crippen LogP contribution >= 0.6 is 0 Å². The quantitative estimate of drug-likeness (QED) is 0.852. The largest absolute Gasteiger partial charge is 0.492 e. The zero-order valence-corrected chi connectivity index (χ0v) is 13.6. The Morgan fingerprint density at radius 2 is 2.12 bits per heavy atom. The lowest BCUT2D eigenvalue weighted by atomic mass is 10.1. The molecule has 0 bridgehead atoms. The van der Waals surface area contributed by atoms with E-state index in [4.69, 9.17) is 15.7 Å². The summed E-state index contributed by atoms with van der Waals surface area (Å²) in [4.78, 5) is 24.4. The molecule has 8 heteroatoms. The van der Waals surface area contributed by atoms with E-state index in [1.54, 1.807) is 5.32 Å². The number of hydrogen-bond donors (Lipinski definition) is 2. The second-order valence-electron chi connectivity index (χ2n) is 5.89. The molecule has 0 radical (unpaired) electrons. The number of carboxylic acids is 1. The van der Waals surface area contributed by atoms with Crippen molar-refractivity contribution in [3.63, 3.8) is 0 Å². The summed E-state index contributed by atoms with van der Waals surface area (Å²) in [7, 11) is 1.04. The predicted octanol–water partition coefficient (Wildman–Crippen LogP) is 1.59. The fourth-order valence-corrected chi connectivity index (χ4v) is 2.98. The van der Waals surface area contributed by atoms with Crippen molar-refractivity contribution >= 4 is 22.6 Å². The Morgan fingerprint density at radius 1 is 1.42 bits per heavy atom. The third-order valence-corrected chi connectivity index (χ3v) is 4.26. The van der Waals surface area contributed by atoms with Crippen molar-refractivity contribution in [3.05, 3.63) is 33.9 Å². The Balaban J connectivity index is 2.16. The average molecular weight is 369 g/mol. The SMILES string of the molecule is [2H]C1([2H])NC([2H])([2H])C([2H])([2H])N(c2c(F)cc3c(=O)c(C(=O)O)cn(C4CC4)c3c2OC)C1([2H])[2H]. The summed E-state index contributed by atoms with van der Waals surface area (Å²) in [6, 6.07) is 0.322. The Bertz CT molecular complexity index is 1250. The van der Waals surface area contributed by atoms with Crippen LogP contribution in [0.5, 0.6) is 5.75 Å². The topological polar surface area (TPSA) is 83.8 Å². The molecule has 1 aliphatic heterocycles. The van der Waals surface area contributed by atoms with E-state index in [2.05, 4.69) is 0 Å². The smallest absolute Gasteiger partial charge is 0.341 e. The molecule has 2 aromatic rings. The first-order valence-electron chi connectivity index (χ1n) is 11.8. The van der Waals surface area contributed by atoms with Gasteiger partial charge < -0.3 is 24.6 Å². The van der Waals surface area contributed by atoms with E-state index >= 15 is 4.39 Å². The van der Waals surface area contributed by atoms with Crippen LogP contribution in [0, 0.1) is 5.82 Å². The minimum Gasteiger partial charge on any atom is -0.492 e. The van der Waals surface area contributed by atoms with E-state index < -0.39 is 65.6 Å².